The second-order valence-electron chi connectivity index (χ2n) is 3.81. The molecule has 0 radical (unpaired) electrons. The summed E-state index contributed by atoms with van der Waals surface area (Å²) in [5.74, 6) is -1.82. The van der Waals surface area contributed by atoms with Gasteiger partial charge in [-0.25, -0.2) is 17.9 Å². The summed E-state index contributed by atoms with van der Waals surface area (Å²) >= 11 is 5.54. The molecule has 0 spiro atoms. The first kappa shape index (κ1) is 15.6. The first-order chi connectivity index (χ1) is 8.66. The van der Waals surface area contributed by atoms with E-state index >= 15 is 0 Å². The van der Waals surface area contributed by atoms with E-state index in [4.69, 9.17) is 16.7 Å². The average Bonchev–Trinajstić information content (AvgIpc) is 2.30. The molecule has 0 bridgehead atoms. The van der Waals surface area contributed by atoms with Gasteiger partial charge in [0.25, 0.3) is 5.91 Å². The van der Waals surface area contributed by atoms with Gasteiger partial charge in [-0.05, 0) is 19.1 Å². The Bertz CT molecular complexity index is 631. The molecule has 104 valence electrons. The second kappa shape index (κ2) is 5.68. The van der Waals surface area contributed by atoms with E-state index < -0.39 is 43.3 Å². The van der Waals surface area contributed by atoms with Gasteiger partial charge in [-0.15, -0.1) is 6.58 Å². The summed E-state index contributed by atoms with van der Waals surface area (Å²) in [5, 5.41) is 6.82. The zero-order valence-corrected chi connectivity index (χ0v) is 11.6. The van der Waals surface area contributed by atoms with Crippen molar-refractivity contribution in [3.63, 3.8) is 0 Å². The molecule has 0 fully saturated rings. The van der Waals surface area contributed by atoms with E-state index in [0.29, 0.717) is 0 Å². The fourth-order valence-corrected chi connectivity index (χ4v) is 2.09. The highest BCUT2D eigenvalue weighted by molar-refractivity contribution is 7.89. The largest absolute Gasteiger partial charge is 0.346 e. The molecule has 0 aromatic heterocycles. The van der Waals surface area contributed by atoms with E-state index in [0.717, 1.165) is 12.1 Å². The Kier molecular flexibility index (Phi) is 4.67. The molecule has 0 saturated heterocycles. The Hall–Kier alpha value is -1.44. The van der Waals surface area contributed by atoms with Crippen LogP contribution >= 0.6 is 11.6 Å². The van der Waals surface area contributed by atoms with E-state index in [2.05, 4.69) is 11.9 Å². The Morgan fingerprint density at radius 3 is 2.63 bits per heavy atom. The lowest BCUT2D eigenvalue weighted by molar-refractivity contribution is 0.0942. The number of benzene rings is 1. The van der Waals surface area contributed by atoms with Crippen LogP contribution in [0.1, 0.15) is 17.3 Å². The summed E-state index contributed by atoms with van der Waals surface area (Å²) in [6.45, 7) is 5.07. The molecule has 5 nitrogen and oxygen atoms in total. The van der Waals surface area contributed by atoms with Gasteiger partial charge in [0.15, 0.2) is 5.82 Å². The highest BCUT2D eigenvalue weighted by Gasteiger charge is 2.20. The molecule has 0 aliphatic carbocycles. The van der Waals surface area contributed by atoms with Crippen LogP contribution in [0.15, 0.2) is 29.7 Å². The maximum absolute atomic E-state index is 13.7. The molecule has 19 heavy (non-hydrogen) atoms. The molecule has 0 aliphatic heterocycles. The van der Waals surface area contributed by atoms with Crippen molar-refractivity contribution in [3.8, 4) is 0 Å². The fraction of sp³-hybridized carbons (Fsp3) is 0.182. The first-order valence-electron chi connectivity index (χ1n) is 5.12. The van der Waals surface area contributed by atoms with Crippen molar-refractivity contribution in [2.24, 2.45) is 5.14 Å². The Morgan fingerprint density at radius 1 is 1.58 bits per heavy atom. The maximum Gasteiger partial charge on any atom is 0.254 e. The van der Waals surface area contributed by atoms with Crippen LogP contribution in [0.5, 0.6) is 0 Å². The Balaban J connectivity index is 3.31. The van der Waals surface area contributed by atoms with Crippen molar-refractivity contribution >= 4 is 27.5 Å². The van der Waals surface area contributed by atoms with Gasteiger partial charge >= 0.3 is 0 Å². The van der Waals surface area contributed by atoms with Crippen LogP contribution in [-0.4, -0.2) is 20.4 Å². The van der Waals surface area contributed by atoms with Crippen LogP contribution in [0.2, 0.25) is 5.02 Å². The molecule has 8 heteroatoms. The summed E-state index contributed by atoms with van der Waals surface area (Å²) in [7, 11) is -4.08. The lowest BCUT2D eigenvalue weighted by Gasteiger charge is -2.11. The van der Waals surface area contributed by atoms with Crippen LogP contribution in [0.3, 0.4) is 0 Å². The number of nitrogens with two attached hydrogens (primary N) is 1. The minimum absolute atomic E-state index is 0.413. The third kappa shape index (κ3) is 3.76. The number of primary sulfonamides is 1. The SMILES string of the molecule is C=C[C@H](C)NC(=O)c1cc(S(N)(=O)=O)cc(Cl)c1F. The molecule has 1 aromatic carbocycles. The van der Waals surface area contributed by atoms with E-state index in [1.165, 1.54) is 6.08 Å². The number of amides is 1. The highest BCUT2D eigenvalue weighted by atomic mass is 35.5. The van der Waals surface area contributed by atoms with Gasteiger partial charge in [-0.3, -0.25) is 4.79 Å². The number of carbonyl (C=O) groups is 1. The second-order valence-corrected chi connectivity index (χ2v) is 5.78. The van der Waals surface area contributed by atoms with Gasteiger partial charge in [0, 0.05) is 6.04 Å². The van der Waals surface area contributed by atoms with Gasteiger partial charge in [0.1, 0.15) is 0 Å². The van der Waals surface area contributed by atoms with Crippen molar-refractivity contribution in [2.45, 2.75) is 17.9 Å². The van der Waals surface area contributed by atoms with Crippen molar-refractivity contribution in [2.75, 3.05) is 0 Å². The molecule has 1 amide bonds. The minimum atomic E-state index is -4.08. The molecule has 0 saturated carbocycles. The van der Waals surface area contributed by atoms with Gasteiger partial charge < -0.3 is 5.32 Å². The van der Waals surface area contributed by atoms with E-state index in [9.17, 15) is 17.6 Å². The molecule has 3 N–H and O–H groups in total. The molecule has 1 aromatic rings. The Labute approximate surface area is 115 Å². The van der Waals surface area contributed by atoms with E-state index in [1.54, 1.807) is 6.92 Å². The number of sulfonamides is 1. The standard InChI is InChI=1S/C11H12ClFN2O3S/c1-3-6(2)15-11(16)8-4-7(19(14,17)18)5-9(12)10(8)13/h3-6H,1H2,2H3,(H,15,16)(H2,14,17,18)/t6-/m0/s1. The lowest BCUT2D eigenvalue weighted by Crippen LogP contribution is -2.31. The van der Waals surface area contributed by atoms with Crippen LogP contribution < -0.4 is 10.5 Å². The molecule has 1 rings (SSSR count). The summed E-state index contributed by atoms with van der Waals surface area (Å²) < 4.78 is 36.1. The first-order valence-corrected chi connectivity index (χ1v) is 7.04. The number of hydrogen-bond donors (Lipinski definition) is 2. The molecular formula is C11H12ClFN2O3S. The summed E-state index contributed by atoms with van der Waals surface area (Å²) in [5.41, 5.74) is -0.495. The van der Waals surface area contributed by atoms with Crippen molar-refractivity contribution in [3.05, 3.63) is 41.2 Å². The Morgan fingerprint density at radius 2 is 2.16 bits per heavy atom. The zero-order valence-electron chi connectivity index (χ0n) is 9.98. The molecular weight excluding hydrogens is 295 g/mol. The topological polar surface area (TPSA) is 89.3 Å². The number of rotatable bonds is 4. The summed E-state index contributed by atoms with van der Waals surface area (Å²) in [6, 6.07) is 1.27. The third-order valence-electron chi connectivity index (χ3n) is 2.29. The predicted molar refractivity (Wildman–Crippen MR) is 69.9 cm³/mol. The molecule has 0 aliphatic rings. The predicted octanol–water partition coefficient (Wildman–Crippen LogP) is 1.43. The lowest BCUT2D eigenvalue weighted by atomic mass is 10.2. The van der Waals surface area contributed by atoms with E-state index in [1.807, 2.05) is 0 Å². The summed E-state index contributed by atoms with van der Waals surface area (Å²) in [6.07, 6.45) is 1.43. The van der Waals surface area contributed by atoms with Crippen molar-refractivity contribution < 1.29 is 17.6 Å². The number of halogens is 2. The quantitative estimate of drug-likeness (QED) is 0.825. The molecule has 0 heterocycles. The van der Waals surface area contributed by atoms with Gasteiger partial charge in [-0.2, -0.15) is 0 Å². The normalized spacial score (nSPS) is 12.8. The number of nitrogens with one attached hydrogen (secondary N) is 1. The van der Waals surface area contributed by atoms with Crippen LogP contribution in [0.25, 0.3) is 0 Å². The average molecular weight is 307 g/mol. The van der Waals surface area contributed by atoms with Crippen LogP contribution in [-0.2, 0) is 10.0 Å². The smallest absolute Gasteiger partial charge is 0.254 e. The summed E-state index contributed by atoms with van der Waals surface area (Å²) in [4.78, 5) is 11.3. The van der Waals surface area contributed by atoms with Gasteiger partial charge in [-0.1, -0.05) is 17.7 Å². The van der Waals surface area contributed by atoms with E-state index in [-0.39, 0.29) is 0 Å². The number of hydrogen-bond acceptors (Lipinski definition) is 3. The third-order valence-corrected chi connectivity index (χ3v) is 3.46. The van der Waals surface area contributed by atoms with Gasteiger partial charge in [0.05, 0.1) is 15.5 Å². The monoisotopic (exact) mass is 306 g/mol. The van der Waals surface area contributed by atoms with Crippen LogP contribution in [0.4, 0.5) is 4.39 Å². The fourth-order valence-electron chi connectivity index (χ4n) is 1.24. The van der Waals surface area contributed by atoms with Crippen molar-refractivity contribution in [1.29, 1.82) is 0 Å². The van der Waals surface area contributed by atoms with Crippen LogP contribution in [0, 0.1) is 5.82 Å². The number of carbonyl (C=O) groups excluding carboxylic acids is 1. The molecule has 0 unspecified atom stereocenters. The maximum atomic E-state index is 13.7. The minimum Gasteiger partial charge on any atom is -0.346 e. The zero-order chi connectivity index (χ0) is 14.8. The molecule has 1 atom stereocenters. The highest BCUT2D eigenvalue weighted by Crippen LogP contribution is 2.23. The van der Waals surface area contributed by atoms with Crippen molar-refractivity contribution in [1.82, 2.24) is 5.32 Å². The van der Waals surface area contributed by atoms with Gasteiger partial charge in [0.2, 0.25) is 10.0 Å².